The first kappa shape index (κ1) is 21.7. The summed E-state index contributed by atoms with van der Waals surface area (Å²) in [6.45, 7) is 7.09. The molecule has 2 rings (SSSR count). The van der Waals surface area contributed by atoms with Crippen molar-refractivity contribution in [3.05, 3.63) is 63.4 Å². The van der Waals surface area contributed by atoms with Gasteiger partial charge >= 0.3 is 0 Å². The van der Waals surface area contributed by atoms with E-state index in [1.165, 1.54) is 0 Å². The highest BCUT2D eigenvalue weighted by Crippen LogP contribution is 2.22. The van der Waals surface area contributed by atoms with Crippen LogP contribution in [0.3, 0.4) is 0 Å². The average Bonchev–Trinajstić information content (AvgIpc) is 2.93. The van der Waals surface area contributed by atoms with Crippen molar-refractivity contribution in [1.29, 1.82) is 5.26 Å². The number of nitrogens with zero attached hydrogens (tertiary/aromatic N) is 2. The highest BCUT2D eigenvalue weighted by Gasteiger charge is 2.15. The molecule has 6 heteroatoms. The van der Waals surface area contributed by atoms with Gasteiger partial charge in [-0.15, -0.1) is 0 Å². The smallest absolute Gasteiger partial charge is 0.261 e. The Morgan fingerprint density at radius 1 is 1.39 bits per heavy atom. The Morgan fingerprint density at radius 2 is 2.14 bits per heavy atom. The van der Waals surface area contributed by atoms with Gasteiger partial charge in [-0.3, -0.25) is 4.79 Å². The van der Waals surface area contributed by atoms with Crippen molar-refractivity contribution in [2.24, 2.45) is 0 Å². The molecule has 0 fully saturated rings. The van der Waals surface area contributed by atoms with Crippen LogP contribution in [0, 0.1) is 25.2 Å². The van der Waals surface area contributed by atoms with Gasteiger partial charge in [0.15, 0.2) is 0 Å². The Morgan fingerprint density at radius 3 is 2.79 bits per heavy atom. The van der Waals surface area contributed by atoms with Gasteiger partial charge in [0, 0.05) is 30.1 Å². The number of hydrogen-bond donors (Lipinski definition) is 1. The summed E-state index contributed by atoms with van der Waals surface area (Å²) in [5.74, 6) is -0.376. The third kappa shape index (κ3) is 5.48. The second kappa shape index (κ2) is 10.1. The number of methoxy groups -OCH3 is 1. The van der Waals surface area contributed by atoms with Gasteiger partial charge < -0.3 is 14.6 Å². The second-order valence-corrected chi connectivity index (χ2v) is 7.24. The number of rotatable bonds is 8. The standard InChI is InChI=1S/C22H26ClN3O2/c1-15-10-19(17(3)26(15)16(2)14-28-4)12-20(13-24)22(27)25-9-8-18-6-5-7-21(23)11-18/h5-7,10-12,16H,8-9,14H2,1-4H3,(H,25,27)/b20-12+. The summed E-state index contributed by atoms with van der Waals surface area (Å²) in [7, 11) is 1.67. The molecule has 0 spiro atoms. The summed E-state index contributed by atoms with van der Waals surface area (Å²) in [5.41, 5.74) is 4.05. The van der Waals surface area contributed by atoms with Gasteiger partial charge in [-0.1, -0.05) is 23.7 Å². The topological polar surface area (TPSA) is 67.0 Å². The fourth-order valence-corrected chi connectivity index (χ4v) is 3.57. The van der Waals surface area contributed by atoms with Crippen molar-refractivity contribution in [3.8, 4) is 6.07 Å². The Labute approximate surface area is 171 Å². The van der Waals surface area contributed by atoms with Crippen LogP contribution in [0.1, 0.15) is 35.5 Å². The van der Waals surface area contributed by atoms with E-state index in [0.717, 1.165) is 22.5 Å². The van der Waals surface area contributed by atoms with Crippen LogP contribution in [-0.2, 0) is 16.0 Å². The lowest BCUT2D eigenvalue weighted by atomic mass is 10.1. The van der Waals surface area contributed by atoms with E-state index in [9.17, 15) is 10.1 Å². The molecule has 0 saturated carbocycles. The van der Waals surface area contributed by atoms with Crippen molar-refractivity contribution in [3.63, 3.8) is 0 Å². The molecule has 0 radical (unpaired) electrons. The summed E-state index contributed by atoms with van der Waals surface area (Å²) in [5, 5.41) is 12.9. The number of carbonyl (C=O) groups excluding carboxylic acids is 1. The summed E-state index contributed by atoms with van der Waals surface area (Å²) in [4.78, 5) is 12.4. The van der Waals surface area contributed by atoms with E-state index < -0.39 is 0 Å². The van der Waals surface area contributed by atoms with Crippen LogP contribution in [0.15, 0.2) is 35.9 Å². The quantitative estimate of drug-likeness (QED) is 0.533. The number of amides is 1. The first-order valence-electron chi connectivity index (χ1n) is 9.19. The van der Waals surface area contributed by atoms with Crippen molar-refractivity contribution in [2.75, 3.05) is 20.3 Å². The predicted octanol–water partition coefficient (Wildman–Crippen LogP) is 4.23. The third-order valence-electron chi connectivity index (χ3n) is 4.63. The maximum Gasteiger partial charge on any atom is 0.261 e. The minimum absolute atomic E-state index is 0.0886. The van der Waals surface area contributed by atoms with Gasteiger partial charge in [-0.05, 0) is 62.6 Å². The molecule has 1 heterocycles. The fourth-order valence-electron chi connectivity index (χ4n) is 3.35. The highest BCUT2D eigenvalue weighted by molar-refractivity contribution is 6.30. The fraction of sp³-hybridized carbons (Fsp3) is 0.364. The first-order chi connectivity index (χ1) is 13.4. The number of nitriles is 1. The summed E-state index contributed by atoms with van der Waals surface area (Å²) >= 11 is 5.97. The van der Waals surface area contributed by atoms with E-state index in [1.54, 1.807) is 13.2 Å². The molecule has 0 bridgehead atoms. The molecular formula is C22H26ClN3O2. The molecule has 1 aromatic heterocycles. The van der Waals surface area contributed by atoms with E-state index in [-0.39, 0.29) is 17.5 Å². The van der Waals surface area contributed by atoms with Gasteiger partial charge in [-0.2, -0.15) is 5.26 Å². The minimum atomic E-state index is -0.376. The second-order valence-electron chi connectivity index (χ2n) is 6.81. The van der Waals surface area contributed by atoms with Gasteiger partial charge in [0.05, 0.1) is 12.6 Å². The normalized spacial score (nSPS) is 12.5. The van der Waals surface area contributed by atoms with Crippen LogP contribution in [0.5, 0.6) is 0 Å². The third-order valence-corrected chi connectivity index (χ3v) is 4.86. The van der Waals surface area contributed by atoms with Gasteiger partial charge in [-0.25, -0.2) is 0 Å². The van der Waals surface area contributed by atoms with Crippen molar-refractivity contribution in [1.82, 2.24) is 9.88 Å². The van der Waals surface area contributed by atoms with Crippen LogP contribution >= 0.6 is 11.6 Å². The zero-order chi connectivity index (χ0) is 20.7. The molecule has 0 aliphatic rings. The first-order valence-corrected chi connectivity index (χ1v) is 9.57. The van der Waals surface area contributed by atoms with Crippen molar-refractivity contribution >= 4 is 23.6 Å². The molecule has 1 atom stereocenters. The van der Waals surface area contributed by atoms with E-state index in [2.05, 4.69) is 16.8 Å². The van der Waals surface area contributed by atoms with E-state index >= 15 is 0 Å². The number of halogens is 1. The predicted molar refractivity (Wildman–Crippen MR) is 112 cm³/mol. The molecular weight excluding hydrogens is 374 g/mol. The van der Waals surface area contributed by atoms with Crippen LogP contribution < -0.4 is 5.32 Å². The molecule has 1 unspecified atom stereocenters. The minimum Gasteiger partial charge on any atom is -0.383 e. The van der Waals surface area contributed by atoms with E-state index in [1.807, 2.05) is 50.2 Å². The molecule has 1 N–H and O–H groups in total. The maximum absolute atomic E-state index is 12.4. The molecule has 28 heavy (non-hydrogen) atoms. The lowest BCUT2D eigenvalue weighted by Crippen LogP contribution is -2.26. The number of aromatic nitrogens is 1. The summed E-state index contributed by atoms with van der Waals surface area (Å²) in [6.07, 6.45) is 2.29. The summed E-state index contributed by atoms with van der Waals surface area (Å²) < 4.78 is 7.40. The number of aryl methyl sites for hydroxylation is 1. The molecule has 0 saturated heterocycles. The number of carbonyl (C=O) groups is 1. The molecule has 1 amide bonds. The maximum atomic E-state index is 12.4. The van der Waals surface area contributed by atoms with Gasteiger partial charge in [0.25, 0.3) is 5.91 Å². The molecule has 2 aromatic rings. The van der Waals surface area contributed by atoms with E-state index in [0.29, 0.717) is 24.6 Å². The monoisotopic (exact) mass is 399 g/mol. The largest absolute Gasteiger partial charge is 0.383 e. The number of nitrogens with one attached hydrogen (secondary N) is 1. The van der Waals surface area contributed by atoms with Crippen LogP contribution in [-0.4, -0.2) is 30.7 Å². The molecule has 148 valence electrons. The number of benzene rings is 1. The lowest BCUT2D eigenvalue weighted by molar-refractivity contribution is -0.117. The number of ether oxygens (including phenoxy) is 1. The summed E-state index contributed by atoms with van der Waals surface area (Å²) in [6, 6.07) is 11.7. The Hall–Kier alpha value is -2.55. The van der Waals surface area contributed by atoms with Crippen molar-refractivity contribution in [2.45, 2.75) is 33.2 Å². The SMILES string of the molecule is COCC(C)n1c(C)cc(/C=C(\C#N)C(=O)NCCc2cccc(Cl)c2)c1C. The van der Waals surface area contributed by atoms with Gasteiger partial charge in [0.1, 0.15) is 11.6 Å². The van der Waals surface area contributed by atoms with Gasteiger partial charge in [0.2, 0.25) is 0 Å². The lowest BCUT2D eigenvalue weighted by Gasteiger charge is -2.17. The zero-order valence-electron chi connectivity index (χ0n) is 16.8. The van der Waals surface area contributed by atoms with Crippen molar-refractivity contribution < 1.29 is 9.53 Å². The number of hydrogen-bond acceptors (Lipinski definition) is 3. The average molecular weight is 400 g/mol. The Balaban J connectivity index is 2.09. The van der Waals surface area contributed by atoms with Crippen LogP contribution in [0.2, 0.25) is 5.02 Å². The zero-order valence-corrected chi connectivity index (χ0v) is 17.5. The Bertz CT molecular complexity index is 909. The molecule has 0 aliphatic heterocycles. The molecule has 5 nitrogen and oxygen atoms in total. The Kier molecular flexibility index (Phi) is 7.86. The molecule has 0 aliphatic carbocycles. The highest BCUT2D eigenvalue weighted by atomic mass is 35.5. The van der Waals surface area contributed by atoms with E-state index in [4.69, 9.17) is 16.3 Å². The molecule has 1 aromatic carbocycles. The van der Waals surface area contributed by atoms with Crippen LogP contribution in [0.4, 0.5) is 0 Å². The van der Waals surface area contributed by atoms with Crippen LogP contribution in [0.25, 0.3) is 6.08 Å².